The van der Waals surface area contributed by atoms with Crippen LogP contribution in [0.1, 0.15) is 24.8 Å². The first-order valence-corrected chi connectivity index (χ1v) is 11.5. The standard InChI is InChI=1S/C27H29N3O2S/c1-27(33,23-14-10-21(11-15-23)20-8-5-4-6-9-20)26-29-28-25(32-26)22-12-16-24(17-13-22)31-19-7-18-30(2)3/h4-6,8-17,33H,7,18-19H2,1-3H3. The number of hydrogen-bond donors (Lipinski definition) is 1. The van der Waals surface area contributed by atoms with Crippen molar-refractivity contribution in [2.45, 2.75) is 18.1 Å². The first-order chi connectivity index (χ1) is 15.9. The summed E-state index contributed by atoms with van der Waals surface area (Å²) in [4.78, 5) is 2.15. The van der Waals surface area contributed by atoms with Gasteiger partial charge in [-0.1, -0.05) is 54.6 Å². The van der Waals surface area contributed by atoms with Gasteiger partial charge in [-0.3, -0.25) is 0 Å². The average Bonchev–Trinajstić information content (AvgIpc) is 3.34. The van der Waals surface area contributed by atoms with E-state index >= 15 is 0 Å². The lowest BCUT2D eigenvalue weighted by Crippen LogP contribution is -2.16. The van der Waals surface area contributed by atoms with Gasteiger partial charge in [0.2, 0.25) is 11.8 Å². The summed E-state index contributed by atoms with van der Waals surface area (Å²) in [6.07, 6.45) is 0.981. The molecule has 4 rings (SSSR count). The number of nitrogens with zero attached hydrogens (tertiary/aromatic N) is 3. The molecule has 1 aromatic heterocycles. The molecule has 0 aliphatic carbocycles. The fourth-order valence-corrected chi connectivity index (χ4v) is 3.78. The van der Waals surface area contributed by atoms with E-state index in [1.54, 1.807) is 0 Å². The molecule has 0 aliphatic heterocycles. The van der Waals surface area contributed by atoms with Crippen LogP contribution in [0.15, 0.2) is 83.3 Å². The van der Waals surface area contributed by atoms with Crippen molar-refractivity contribution in [3.8, 4) is 28.3 Å². The molecular weight excluding hydrogens is 430 g/mol. The Kier molecular flexibility index (Phi) is 7.16. The van der Waals surface area contributed by atoms with Gasteiger partial charge in [0.1, 0.15) is 10.5 Å². The lowest BCUT2D eigenvalue weighted by molar-refractivity contribution is 0.281. The number of thiol groups is 1. The third kappa shape index (κ3) is 5.64. The van der Waals surface area contributed by atoms with E-state index in [1.807, 2.05) is 49.4 Å². The Labute approximate surface area is 200 Å². The summed E-state index contributed by atoms with van der Waals surface area (Å²) in [6.45, 7) is 3.65. The Balaban J connectivity index is 1.45. The molecule has 3 aromatic carbocycles. The molecule has 0 saturated heterocycles. The Morgan fingerprint density at radius 2 is 1.48 bits per heavy atom. The number of benzene rings is 3. The Bertz CT molecular complexity index is 1150. The zero-order valence-corrected chi connectivity index (χ0v) is 20.1. The minimum absolute atomic E-state index is 0.456. The summed E-state index contributed by atoms with van der Waals surface area (Å²) in [5, 5.41) is 8.55. The molecule has 0 radical (unpaired) electrons. The third-order valence-corrected chi connectivity index (χ3v) is 5.96. The summed E-state index contributed by atoms with van der Waals surface area (Å²) in [6, 6.07) is 26.3. The smallest absolute Gasteiger partial charge is 0.247 e. The van der Waals surface area contributed by atoms with Crippen LogP contribution in [0, 0.1) is 0 Å². The quantitative estimate of drug-likeness (QED) is 0.248. The maximum atomic E-state index is 6.02. The van der Waals surface area contributed by atoms with E-state index in [1.165, 1.54) is 5.56 Å². The lowest BCUT2D eigenvalue weighted by atomic mass is 9.96. The van der Waals surface area contributed by atoms with Crippen LogP contribution in [0.4, 0.5) is 0 Å². The normalized spacial score (nSPS) is 13.1. The van der Waals surface area contributed by atoms with Crippen LogP contribution in [-0.4, -0.2) is 42.3 Å². The van der Waals surface area contributed by atoms with Crippen LogP contribution in [-0.2, 0) is 4.75 Å². The molecular formula is C27H29N3O2S. The van der Waals surface area contributed by atoms with Crippen molar-refractivity contribution in [3.05, 3.63) is 90.3 Å². The minimum atomic E-state index is -0.712. The molecule has 170 valence electrons. The van der Waals surface area contributed by atoms with Crippen LogP contribution in [0.3, 0.4) is 0 Å². The second kappa shape index (κ2) is 10.2. The van der Waals surface area contributed by atoms with Crippen LogP contribution in [0.25, 0.3) is 22.6 Å². The van der Waals surface area contributed by atoms with Crippen LogP contribution < -0.4 is 4.74 Å². The predicted molar refractivity (Wildman–Crippen MR) is 136 cm³/mol. The molecule has 1 unspecified atom stereocenters. The van der Waals surface area contributed by atoms with E-state index in [0.717, 1.165) is 35.4 Å². The van der Waals surface area contributed by atoms with Gasteiger partial charge in [-0.15, -0.1) is 10.2 Å². The highest BCUT2D eigenvalue weighted by molar-refractivity contribution is 7.81. The molecule has 0 fully saturated rings. The maximum Gasteiger partial charge on any atom is 0.247 e. The van der Waals surface area contributed by atoms with Gasteiger partial charge >= 0.3 is 0 Å². The van der Waals surface area contributed by atoms with E-state index in [0.29, 0.717) is 18.4 Å². The van der Waals surface area contributed by atoms with Gasteiger partial charge < -0.3 is 14.1 Å². The molecule has 0 aliphatic rings. The third-order valence-electron chi connectivity index (χ3n) is 5.52. The highest BCUT2D eigenvalue weighted by atomic mass is 32.1. The molecule has 6 heteroatoms. The van der Waals surface area contributed by atoms with Crippen molar-refractivity contribution in [2.24, 2.45) is 0 Å². The summed E-state index contributed by atoms with van der Waals surface area (Å²) >= 11 is 4.87. The zero-order valence-electron chi connectivity index (χ0n) is 19.2. The molecule has 1 atom stereocenters. The van der Waals surface area contributed by atoms with Crippen molar-refractivity contribution in [2.75, 3.05) is 27.2 Å². The number of ether oxygens (including phenoxy) is 1. The second-order valence-corrected chi connectivity index (χ2v) is 9.35. The SMILES string of the molecule is CN(C)CCCOc1ccc(-c2nnc(C(C)(S)c3ccc(-c4ccccc4)cc3)o2)cc1. The first kappa shape index (κ1) is 23.1. The summed E-state index contributed by atoms with van der Waals surface area (Å²) < 4.78 is 11.1. The fourth-order valence-electron chi connectivity index (χ4n) is 3.54. The summed E-state index contributed by atoms with van der Waals surface area (Å²) in [5.41, 5.74) is 4.16. The van der Waals surface area contributed by atoms with Gasteiger partial charge in [-0.2, -0.15) is 12.6 Å². The van der Waals surface area contributed by atoms with Gasteiger partial charge in [0.15, 0.2) is 0 Å². The highest BCUT2D eigenvalue weighted by Crippen LogP contribution is 2.37. The predicted octanol–water partition coefficient (Wildman–Crippen LogP) is 5.93. The molecule has 0 N–H and O–H groups in total. The van der Waals surface area contributed by atoms with E-state index in [4.69, 9.17) is 21.8 Å². The van der Waals surface area contributed by atoms with E-state index in [9.17, 15) is 0 Å². The zero-order chi connectivity index (χ0) is 23.3. The van der Waals surface area contributed by atoms with Crippen LogP contribution in [0.2, 0.25) is 0 Å². The van der Waals surface area contributed by atoms with E-state index < -0.39 is 4.75 Å². The van der Waals surface area contributed by atoms with Crippen molar-refractivity contribution >= 4 is 12.6 Å². The Hall–Kier alpha value is -3.09. The Morgan fingerprint density at radius 3 is 2.15 bits per heavy atom. The second-order valence-electron chi connectivity index (χ2n) is 8.46. The molecule has 5 nitrogen and oxygen atoms in total. The topological polar surface area (TPSA) is 51.4 Å². The summed E-state index contributed by atoms with van der Waals surface area (Å²) in [7, 11) is 4.12. The largest absolute Gasteiger partial charge is 0.494 e. The number of aromatic nitrogens is 2. The van der Waals surface area contributed by atoms with Gasteiger partial charge in [-0.25, -0.2) is 0 Å². The van der Waals surface area contributed by atoms with Gasteiger partial charge in [-0.05, 0) is 68.4 Å². The summed E-state index contributed by atoms with van der Waals surface area (Å²) in [5.74, 6) is 1.75. The van der Waals surface area contributed by atoms with Crippen LogP contribution in [0.5, 0.6) is 5.75 Å². The molecule has 0 saturated carbocycles. The van der Waals surface area contributed by atoms with E-state index in [-0.39, 0.29) is 0 Å². The lowest BCUT2D eigenvalue weighted by Gasteiger charge is -2.20. The highest BCUT2D eigenvalue weighted by Gasteiger charge is 2.31. The first-order valence-electron chi connectivity index (χ1n) is 11.0. The molecule has 0 bridgehead atoms. The van der Waals surface area contributed by atoms with Gasteiger partial charge in [0, 0.05) is 12.1 Å². The molecule has 4 aromatic rings. The molecule has 1 heterocycles. The van der Waals surface area contributed by atoms with Crippen molar-refractivity contribution in [3.63, 3.8) is 0 Å². The maximum absolute atomic E-state index is 6.02. The Morgan fingerprint density at radius 1 is 0.848 bits per heavy atom. The van der Waals surface area contributed by atoms with Crippen LogP contribution >= 0.6 is 12.6 Å². The number of rotatable bonds is 9. The molecule has 0 spiro atoms. The van der Waals surface area contributed by atoms with Crippen molar-refractivity contribution in [1.29, 1.82) is 0 Å². The average molecular weight is 460 g/mol. The fraction of sp³-hybridized carbons (Fsp3) is 0.259. The van der Waals surface area contributed by atoms with Gasteiger partial charge in [0.25, 0.3) is 0 Å². The van der Waals surface area contributed by atoms with Crippen molar-refractivity contribution < 1.29 is 9.15 Å². The molecule has 0 amide bonds. The molecule has 33 heavy (non-hydrogen) atoms. The van der Waals surface area contributed by atoms with E-state index in [2.05, 4.69) is 65.6 Å². The number of hydrogen-bond acceptors (Lipinski definition) is 6. The van der Waals surface area contributed by atoms with Crippen molar-refractivity contribution in [1.82, 2.24) is 15.1 Å². The monoisotopic (exact) mass is 459 g/mol. The minimum Gasteiger partial charge on any atom is -0.494 e. The van der Waals surface area contributed by atoms with Gasteiger partial charge in [0.05, 0.1) is 6.61 Å².